The van der Waals surface area contributed by atoms with Crippen LogP contribution >= 0.6 is 0 Å². The number of benzene rings is 1. The molecule has 0 aliphatic rings. The molecule has 6 heteroatoms. The molecule has 0 saturated carbocycles. The Morgan fingerprint density at radius 1 is 1.32 bits per heavy atom. The highest BCUT2D eigenvalue weighted by Gasteiger charge is 2.17. The zero-order chi connectivity index (χ0) is 16.4. The number of carbonyl (C=O) groups is 2. The van der Waals surface area contributed by atoms with Crippen LogP contribution in [-0.2, 0) is 20.9 Å². The summed E-state index contributed by atoms with van der Waals surface area (Å²) in [6.07, 6.45) is -0.235. The van der Waals surface area contributed by atoms with Crippen LogP contribution in [0.3, 0.4) is 0 Å². The molecule has 1 rings (SSSR count). The van der Waals surface area contributed by atoms with Gasteiger partial charge in [0, 0.05) is 0 Å². The molecule has 0 fully saturated rings. The summed E-state index contributed by atoms with van der Waals surface area (Å²) >= 11 is 0. The van der Waals surface area contributed by atoms with Crippen LogP contribution in [0.25, 0.3) is 0 Å². The minimum atomic E-state index is -1.05. The zero-order valence-electron chi connectivity index (χ0n) is 13.0. The lowest BCUT2D eigenvalue weighted by atomic mass is 10.1. The summed E-state index contributed by atoms with van der Waals surface area (Å²) in [5.74, 6) is -1.05. The molecule has 0 spiro atoms. The molecule has 1 unspecified atom stereocenters. The van der Waals surface area contributed by atoms with Crippen molar-refractivity contribution >= 4 is 12.1 Å². The predicted octanol–water partition coefficient (Wildman–Crippen LogP) is 2.84. The molecule has 0 aliphatic carbocycles. The first-order valence-electron chi connectivity index (χ1n) is 7.34. The van der Waals surface area contributed by atoms with E-state index in [4.69, 9.17) is 14.6 Å². The smallest absolute Gasteiger partial charge is 0.409 e. The number of hydrogen-bond acceptors (Lipinski definition) is 4. The average Bonchev–Trinajstić information content (AvgIpc) is 2.46. The van der Waals surface area contributed by atoms with Gasteiger partial charge in [0.1, 0.15) is 6.23 Å². The summed E-state index contributed by atoms with van der Waals surface area (Å²) in [7, 11) is 0. The number of alkyl carbamates (subject to hydrolysis) is 1. The van der Waals surface area contributed by atoms with Crippen LogP contribution in [0.15, 0.2) is 24.3 Å². The monoisotopic (exact) mass is 309 g/mol. The maximum atomic E-state index is 11.6. The van der Waals surface area contributed by atoms with Crippen molar-refractivity contribution in [3.8, 4) is 0 Å². The van der Waals surface area contributed by atoms with Crippen molar-refractivity contribution in [3.63, 3.8) is 0 Å². The standard InChI is InChI=1S/C16H23NO5/c1-3-4-9-21-16(20)17-14(10-15(18)19)22-11-13-8-6-5-7-12(13)2/h5-8,14H,3-4,9-11H2,1-2H3,(H,17,20)(H,18,19). The van der Waals surface area contributed by atoms with Crippen molar-refractivity contribution in [2.24, 2.45) is 0 Å². The SMILES string of the molecule is CCCCOC(=O)NC(CC(=O)O)OCc1ccccc1C. The third-order valence-electron chi connectivity index (χ3n) is 3.07. The molecule has 122 valence electrons. The molecule has 0 saturated heterocycles. The van der Waals surface area contributed by atoms with E-state index < -0.39 is 18.3 Å². The molecule has 1 aromatic rings. The number of carbonyl (C=O) groups excluding carboxylic acids is 1. The fourth-order valence-electron chi connectivity index (χ4n) is 1.75. The van der Waals surface area contributed by atoms with Crippen LogP contribution in [0.2, 0.25) is 0 Å². The third kappa shape index (κ3) is 7.08. The van der Waals surface area contributed by atoms with Gasteiger partial charge in [-0.3, -0.25) is 10.1 Å². The molecule has 22 heavy (non-hydrogen) atoms. The molecule has 0 bridgehead atoms. The van der Waals surface area contributed by atoms with E-state index in [9.17, 15) is 9.59 Å². The van der Waals surface area contributed by atoms with Crippen LogP contribution in [0.5, 0.6) is 0 Å². The molecule has 0 aromatic heterocycles. The Hall–Kier alpha value is -2.08. The minimum Gasteiger partial charge on any atom is -0.481 e. The first-order chi connectivity index (χ1) is 10.5. The Balaban J connectivity index is 2.51. The number of carboxylic acids is 1. The quantitative estimate of drug-likeness (QED) is 0.541. The number of carboxylic acid groups (broad SMARTS) is 1. The molecule has 1 amide bonds. The highest BCUT2D eigenvalue weighted by molar-refractivity contribution is 5.70. The van der Waals surface area contributed by atoms with E-state index in [1.807, 2.05) is 38.1 Å². The van der Waals surface area contributed by atoms with E-state index in [1.54, 1.807) is 0 Å². The Bertz CT molecular complexity index is 489. The Labute approximate surface area is 130 Å². The summed E-state index contributed by atoms with van der Waals surface area (Å²) < 4.78 is 10.5. The average molecular weight is 309 g/mol. The Kier molecular flexibility index (Phi) is 7.99. The van der Waals surface area contributed by atoms with Gasteiger partial charge in [0.05, 0.1) is 19.6 Å². The lowest BCUT2D eigenvalue weighted by Gasteiger charge is -2.18. The summed E-state index contributed by atoms with van der Waals surface area (Å²) in [5, 5.41) is 11.3. The summed E-state index contributed by atoms with van der Waals surface area (Å²) in [4.78, 5) is 22.4. The van der Waals surface area contributed by atoms with Gasteiger partial charge in [-0.15, -0.1) is 0 Å². The van der Waals surface area contributed by atoms with Crippen molar-refractivity contribution in [1.29, 1.82) is 0 Å². The number of amides is 1. The molecule has 0 heterocycles. The number of rotatable bonds is 9. The minimum absolute atomic E-state index is 0.222. The van der Waals surface area contributed by atoms with E-state index >= 15 is 0 Å². The van der Waals surface area contributed by atoms with Gasteiger partial charge < -0.3 is 14.6 Å². The van der Waals surface area contributed by atoms with Gasteiger partial charge in [-0.2, -0.15) is 0 Å². The topological polar surface area (TPSA) is 84.9 Å². The molecule has 2 N–H and O–H groups in total. The number of unbranched alkanes of at least 4 members (excludes halogenated alkanes) is 1. The molecule has 6 nitrogen and oxygen atoms in total. The lowest BCUT2D eigenvalue weighted by molar-refractivity contribution is -0.141. The summed E-state index contributed by atoms with van der Waals surface area (Å²) in [6.45, 7) is 4.46. The second-order valence-corrected chi connectivity index (χ2v) is 4.96. The van der Waals surface area contributed by atoms with Gasteiger partial charge >= 0.3 is 12.1 Å². The number of aryl methyl sites for hydroxylation is 1. The highest BCUT2D eigenvalue weighted by Crippen LogP contribution is 2.10. The van der Waals surface area contributed by atoms with Crippen LogP contribution in [0.4, 0.5) is 4.79 Å². The highest BCUT2D eigenvalue weighted by atomic mass is 16.6. The van der Waals surface area contributed by atoms with Crippen LogP contribution < -0.4 is 5.32 Å². The largest absolute Gasteiger partial charge is 0.481 e. The second-order valence-electron chi connectivity index (χ2n) is 4.96. The van der Waals surface area contributed by atoms with Crippen LogP contribution in [0.1, 0.15) is 37.3 Å². The van der Waals surface area contributed by atoms with Gasteiger partial charge in [-0.1, -0.05) is 37.6 Å². The number of ether oxygens (including phenoxy) is 2. The van der Waals surface area contributed by atoms with Gasteiger partial charge in [0.25, 0.3) is 0 Å². The first-order valence-corrected chi connectivity index (χ1v) is 7.34. The van der Waals surface area contributed by atoms with Crippen molar-refractivity contribution in [2.45, 2.75) is 45.9 Å². The molecular formula is C16H23NO5. The molecule has 0 radical (unpaired) electrons. The molecule has 1 aromatic carbocycles. The van der Waals surface area contributed by atoms with Crippen molar-refractivity contribution in [1.82, 2.24) is 5.32 Å². The van der Waals surface area contributed by atoms with E-state index in [2.05, 4.69) is 5.32 Å². The van der Waals surface area contributed by atoms with E-state index in [1.165, 1.54) is 0 Å². The van der Waals surface area contributed by atoms with Gasteiger partial charge in [-0.25, -0.2) is 4.79 Å². The lowest BCUT2D eigenvalue weighted by Crippen LogP contribution is -2.39. The zero-order valence-corrected chi connectivity index (χ0v) is 13.0. The van der Waals surface area contributed by atoms with Gasteiger partial charge in [0.2, 0.25) is 0 Å². The number of hydrogen-bond donors (Lipinski definition) is 2. The van der Waals surface area contributed by atoms with Crippen molar-refractivity contribution in [2.75, 3.05) is 6.61 Å². The van der Waals surface area contributed by atoms with Gasteiger partial charge in [0.15, 0.2) is 0 Å². The molecular weight excluding hydrogens is 286 g/mol. The fraction of sp³-hybridized carbons (Fsp3) is 0.500. The van der Waals surface area contributed by atoms with E-state index in [0.29, 0.717) is 6.61 Å². The van der Waals surface area contributed by atoms with Crippen LogP contribution in [-0.4, -0.2) is 30.0 Å². The maximum absolute atomic E-state index is 11.6. The predicted molar refractivity (Wildman–Crippen MR) is 81.4 cm³/mol. The van der Waals surface area contributed by atoms with Gasteiger partial charge in [-0.05, 0) is 24.5 Å². The third-order valence-corrected chi connectivity index (χ3v) is 3.07. The first kappa shape index (κ1) is 18.0. The maximum Gasteiger partial charge on any atom is 0.409 e. The summed E-state index contributed by atoms with van der Waals surface area (Å²) in [5.41, 5.74) is 1.99. The van der Waals surface area contributed by atoms with Crippen molar-refractivity contribution in [3.05, 3.63) is 35.4 Å². The Morgan fingerprint density at radius 3 is 2.68 bits per heavy atom. The number of aliphatic carboxylic acids is 1. The number of nitrogens with one attached hydrogen (secondary N) is 1. The van der Waals surface area contributed by atoms with E-state index in [-0.39, 0.29) is 13.0 Å². The van der Waals surface area contributed by atoms with E-state index in [0.717, 1.165) is 24.0 Å². The summed E-state index contributed by atoms with van der Waals surface area (Å²) in [6, 6.07) is 7.63. The molecule has 0 aliphatic heterocycles. The van der Waals surface area contributed by atoms with Crippen LogP contribution in [0, 0.1) is 6.92 Å². The fourth-order valence-corrected chi connectivity index (χ4v) is 1.75. The second kappa shape index (κ2) is 9.78. The molecule has 1 atom stereocenters. The van der Waals surface area contributed by atoms with Crippen molar-refractivity contribution < 1.29 is 24.2 Å². The normalized spacial score (nSPS) is 11.7. The Morgan fingerprint density at radius 2 is 2.05 bits per heavy atom.